The van der Waals surface area contributed by atoms with Gasteiger partial charge in [0.25, 0.3) is 0 Å². The first-order valence-electron chi connectivity index (χ1n) is 17.9. The second-order valence-corrected chi connectivity index (χ2v) is 13.9. The molecule has 3 nitrogen and oxygen atoms in total. The Bertz CT molecular complexity index is 2910. The fraction of sp³-hybridized carbons (Fsp3) is 0.0204. The molecular weight excluding hydrogens is 631 g/mol. The van der Waals surface area contributed by atoms with Crippen molar-refractivity contribution in [1.29, 1.82) is 0 Å². The molecule has 0 aliphatic carbocycles. The molecular formula is C49H33N3. The number of aromatic nitrogens is 3. The number of nitrogens with zero attached hydrogens (tertiary/aromatic N) is 3. The molecule has 0 aliphatic heterocycles. The van der Waals surface area contributed by atoms with Crippen LogP contribution < -0.4 is 0 Å². The largest absolute Gasteiger partial charge is 0.309 e. The highest BCUT2D eigenvalue weighted by molar-refractivity contribution is 6.11. The molecule has 52 heavy (non-hydrogen) atoms. The van der Waals surface area contributed by atoms with E-state index in [0.717, 1.165) is 17.1 Å². The standard InChI is InChI=1S/C49H33N3/c1-32-26-33(28-35(27-32)50-44-20-8-2-14-38(44)39-15-3-9-21-45(39)50)34-29-36(51-46-22-10-4-16-40(46)41-17-5-11-23-47(41)51)31-37(30-34)52-48-24-12-6-18-42(48)43-19-7-13-25-49(43)52/h2-31H,1H3. The van der Waals surface area contributed by atoms with E-state index in [9.17, 15) is 0 Å². The van der Waals surface area contributed by atoms with Crippen LogP contribution in [0, 0.1) is 6.92 Å². The number of hydrogen-bond acceptors (Lipinski definition) is 0. The van der Waals surface area contributed by atoms with Gasteiger partial charge in [0.1, 0.15) is 0 Å². The van der Waals surface area contributed by atoms with Crippen LogP contribution in [-0.2, 0) is 0 Å². The molecule has 0 bridgehead atoms. The highest BCUT2D eigenvalue weighted by Gasteiger charge is 2.18. The van der Waals surface area contributed by atoms with Gasteiger partial charge in [-0.25, -0.2) is 0 Å². The fourth-order valence-corrected chi connectivity index (χ4v) is 8.68. The maximum absolute atomic E-state index is 2.44. The molecule has 0 saturated heterocycles. The number of aryl methyl sites for hydroxylation is 1. The summed E-state index contributed by atoms with van der Waals surface area (Å²) in [6.07, 6.45) is 0. The maximum atomic E-state index is 2.44. The molecule has 0 amide bonds. The van der Waals surface area contributed by atoms with Crippen molar-refractivity contribution in [3.05, 3.63) is 188 Å². The first-order chi connectivity index (χ1) is 25.7. The van der Waals surface area contributed by atoms with E-state index in [2.05, 4.69) is 203 Å². The summed E-state index contributed by atoms with van der Waals surface area (Å²) in [4.78, 5) is 0. The van der Waals surface area contributed by atoms with E-state index in [-0.39, 0.29) is 0 Å². The normalized spacial score (nSPS) is 11.9. The molecule has 0 spiro atoms. The smallest absolute Gasteiger partial charge is 0.0541 e. The zero-order chi connectivity index (χ0) is 34.3. The summed E-state index contributed by atoms with van der Waals surface area (Å²) < 4.78 is 7.30. The average Bonchev–Trinajstić information content (AvgIpc) is 3.83. The quantitative estimate of drug-likeness (QED) is 0.178. The topological polar surface area (TPSA) is 14.8 Å². The van der Waals surface area contributed by atoms with E-state index in [1.807, 2.05) is 0 Å². The molecule has 0 N–H and O–H groups in total. The lowest BCUT2D eigenvalue weighted by Gasteiger charge is -2.17. The van der Waals surface area contributed by atoms with Crippen molar-refractivity contribution in [3.8, 4) is 28.2 Å². The molecule has 0 unspecified atom stereocenters. The molecule has 8 aromatic carbocycles. The van der Waals surface area contributed by atoms with Crippen molar-refractivity contribution >= 4 is 65.4 Å². The molecule has 0 fully saturated rings. The summed E-state index contributed by atoms with van der Waals surface area (Å²) in [6, 6.07) is 66.7. The van der Waals surface area contributed by atoms with E-state index >= 15 is 0 Å². The molecule has 0 atom stereocenters. The van der Waals surface area contributed by atoms with Crippen LogP contribution in [0.15, 0.2) is 182 Å². The van der Waals surface area contributed by atoms with E-state index in [0.29, 0.717) is 0 Å². The Morgan fingerprint density at radius 3 is 0.827 bits per heavy atom. The summed E-state index contributed by atoms with van der Waals surface area (Å²) in [5.74, 6) is 0. The maximum Gasteiger partial charge on any atom is 0.0541 e. The van der Waals surface area contributed by atoms with Crippen molar-refractivity contribution in [2.45, 2.75) is 6.92 Å². The van der Waals surface area contributed by atoms with Crippen LogP contribution in [0.25, 0.3) is 93.6 Å². The Labute approximate surface area is 300 Å². The summed E-state index contributed by atoms with van der Waals surface area (Å²) in [7, 11) is 0. The van der Waals surface area contributed by atoms with E-state index in [4.69, 9.17) is 0 Å². The molecule has 244 valence electrons. The molecule has 0 saturated carbocycles. The molecule has 3 aromatic heterocycles. The fourth-order valence-electron chi connectivity index (χ4n) is 8.68. The van der Waals surface area contributed by atoms with Crippen LogP contribution >= 0.6 is 0 Å². The zero-order valence-corrected chi connectivity index (χ0v) is 28.7. The van der Waals surface area contributed by atoms with Gasteiger partial charge in [0.15, 0.2) is 0 Å². The Morgan fingerprint density at radius 2 is 0.519 bits per heavy atom. The van der Waals surface area contributed by atoms with Gasteiger partial charge in [0.05, 0.1) is 33.1 Å². The van der Waals surface area contributed by atoms with Gasteiger partial charge in [0.2, 0.25) is 0 Å². The summed E-state index contributed by atoms with van der Waals surface area (Å²) in [6.45, 7) is 2.21. The summed E-state index contributed by atoms with van der Waals surface area (Å²) in [5.41, 5.74) is 14.2. The lowest BCUT2D eigenvalue weighted by Crippen LogP contribution is -2.01. The van der Waals surface area contributed by atoms with Gasteiger partial charge >= 0.3 is 0 Å². The molecule has 3 heteroatoms. The molecule has 11 rings (SSSR count). The summed E-state index contributed by atoms with van der Waals surface area (Å²) >= 11 is 0. The van der Waals surface area contributed by atoms with Crippen molar-refractivity contribution in [3.63, 3.8) is 0 Å². The minimum absolute atomic E-state index is 1.13. The molecule has 3 heterocycles. The highest BCUT2D eigenvalue weighted by atomic mass is 15.0. The van der Waals surface area contributed by atoms with Gasteiger partial charge in [-0.3, -0.25) is 0 Å². The van der Waals surface area contributed by atoms with Gasteiger partial charge in [0, 0.05) is 49.4 Å². The van der Waals surface area contributed by atoms with Crippen LogP contribution in [0.3, 0.4) is 0 Å². The minimum atomic E-state index is 1.13. The number of rotatable bonds is 4. The molecule has 0 radical (unpaired) electrons. The lowest BCUT2D eigenvalue weighted by atomic mass is 10.0. The lowest BCUT2D eigenvalue weighted by molar-refractivity contribution is 1.13. The number of benzene rings is 8. The Balaban J connectivity index is 1.23. The van der Waals surface area contributed by atoms with Crippen molar-refractivity contribution in [2.24, 2.45) is 0 Å². The van der Waals surface area contributed by atoms with Gasteiger partial charge in [-0.1, -0.05) is 115 Å². The third-order valence-corrected chi connectivity index (χ3v) is 10.8. The minimum Gasteiger partial charge on any atom is -0.309 e. The third-order valence-electron chi connectivity index (χ3n) is 10.8. The number of hydrogen-bond donors (Lipinski definition) is 0. The Morgan fingerprint density at radius 1 is 0.269 bits per heavy atom. The van der Waals surface area contributed by atoms with Gasteiger partial charge in [-0.2, -0.15) is 0 Å². The van der Waals surface area contributed by atoms with Crippen LogP contribution in [0.4, 0.5) is 0 Å². The van der Waals surface area contributed by atoms with E-state index in [1.54, 1.807) is 0 Å². The highest BCUT2D eigenvalue weighted by Crippen LogP contribution is 2.39. The van der Waals surface area contributed by atoms with E-state index < -0.39 is 0 Å². The van der Waals surface area contributed by atoms with Crippen LogP contribution in [-0.4, -0.2) is 13.7 Å². The van der Waals surface area contributed by atoms with Crippen molar-refractivity contribution in [1.82, 2.24) is 13.7 Å². The van der Waals surface area contributed by atoms with Crippen LogP contribution in [0.2, 0.25) is 0 Å². The second-order valence-electron chi connectivity index (χ2n) is 13.9. The molecule has 0 aliphatic rings. The van der Waals surface area contributed by atoms with Crippen molar-refractivity contribution in [2.75, 3.05) is 0 Å². The Kier molecular flexibility index (Phi) is 6.17. The number of fused-ring (bicyclic) bond motifs is 9. The third kappa shape index (κ3) is 4.20. The second kappa shape index (κ2) is 11.1. The van der Waals surface area contributed by atoms with E-state index in [1.165, 1.54) is 82.1 Å². The zero-order valence-electron chi connectivity index (χ0n) is 28.7. The first-order valence-corrected chi connectivity index (χ1v) is 17.9. The predicted octanol–water partition coefficient (Wildman–Crippen LogP) is 13.0. The van der Waals surface area contributed by atoms with Gasteiger partial charge < -0.3 is 13.7 Å². The van der Waals surface area contributed by atoms with Crippen LogP contribution in [0.5, 0.6) is 0 Å². The predicted molar refractivity (Wildman–Crippen MR) is 220 cm³/mol. The monoisotopic (exact) mass is 663 g/mol. The summed E-state index contributed by atoms with van der Waals surface area (Å²) in [5, 5.41) is 7.56. The van der Waals surface area contributed by atoms with Crippen LogP contribution in [0.1, 0.15) is 5.56 Å². The SMILES string of the molecule is Cc1cc(-c2cc(-n3c4ccccc4c4ccccc43)cc(-n3c4ccccc4c4ccccc43)c2)cc(-n2c3ccccc3c3ccccc32)c1. The first kappa shape index (κ1) is 28.9. The number of para-hydroxylation sites is 6. The Hall–Kier alpha value is -6.84. The molecule has 11 aromatic rings. The van der Waals surface area contributed by atoms with Crippen molar-refractivity contribution < 1.29 is 0 Å². The average molecular weight is 664 g/mol. The van der Waals surface area contributed by atoms with Gasteiger partial charge in [-0.05, 0) is 90.3 Å². The van der Waals surface area contributed by atoms with Gasteiger partial charge in [-0.15, -0.1) is 0 Å².